The Balaban J connectivity index is 2.12. The quantitative estimate of drug-likeness (QED) is 0.648. The van der Waals surface area contributed by atoms with E-state index in [-0.39, 0.29) is 0 Å². The van der Waals surface area contributed by atoms with Crippen LogP contribution in [-0.4, -0.2) is 13.6 Å². The van der Waals surface area contributed by atoms with E-state index in [1.54, 1.807) is 11.3 Å². The minimum atomic E-state index is 0.791. The van der Waals surface area contributed by atoms with E-state index >= 15 is 0 Å². The van der Waals surface area contributed by atoms with Gasteiger partial charge in [0.2, 0.25) is 0 Å². The van der Waals surface area contributed by atoms with Gasteiger partial charge in [0.15, 0.2) is 0 Å². The molecule has 1 aromatic heterocycles. The second kappa shape index (κ2) is 8.18. The number of thiophene rings is 1. The molecule has 5 heteroatoms. The van der Waals surface area contributed by atoms with Crippen LogP contribution in [0, 0.1) is 0 Å². The number of hydrogen-bond acceptors (Lipinski definition) is 3. The molecule has 114 valence electrons. The van der Waals surface area contributed by atoms with Crippen LogP contribution in [0.3, 0.4) is 0 Å². The second-order valence-corrected chi connectivity index (χ2v) is 7.39. The molecule has 0 aliphatic carbocycles. The van der Waals surface area contributed by atoms with Crippen molar-refractivity contribution in [3.05, 3.63) is 49.6 Å². The molecule has 0 bridgehead atoms. The second-order valence-electron chi connectivity index (χ2n) is 5.04. The Bertz CT molecular complexity index is 585. The number of halogens is 2. The van der Waals surface area contributed by atoms with Crippen LogP contribution in [0.1, 0.15) is 23.8 Å². The topological polar surface area (TPSA) is 15.3 Å². The highest BCUT2D eigenvalue weighted by Crippen LogP contribution is 2.27. The van der Waals surface area contributed by atoms with Crippen LogP contribution in [0.5, 0.6) is 0 Å². The molecule has 0 spiro atoms. The van der Waals surface area contributed by atoms with Crippen molar-refractivity contribution in [2.45, 2.75) is 26.4 Å². The summed E-state index contributed by atoms with van der Waals surface area (Å²) >= 11 is 11.4. The molecule has 0 aliphatic heterocycles. The van der Waals surface area contributed by atoms with E-state index in [0.29, 0.717) is 0 Å². The normalized spacial score (nSPS) is 10.9. The van der Waals surface area contributed by atoms with Crippen LogP contribution in [0.25, 0.3) is 0 Å². The van der Waals surface area contributed by atoms with E-state index in [1.165, 1.54) is 16.1 Å². The van der Waals surface area contributed by atoms with E-state index in [0.717, 1.165) is 35.6 Å². The first-order valence-electron chi connectivity index (χ1n) is 7.03. The molecule has 0 fully saturated rings. The molecule has 0 saturated carbocycles. The molecule has 2 rings (SSSR count). The number of hydrogen-bond donors (Lipinski definition) is 1. The van der Waals surface area contributed by atoms with Gasteiger partial charge in [0, 0.05) is 39.0 Å². The van der Waals surface area contributed by atoms with E-state index in [9.17, 15) is 0 Å². The van der Waals surface area contributed by atoms with E-state index < -0.39 is 0 Å². The highest BCUT2D eigenvalue weighted by Gasteiger charge is 2.10. The van der Waals surface area contributed by atoms with Gasteiger partial charge in [-0.15, -0.1) is 11.3 Å². The molecule has 0 radical (unpaired) electrons. The lowest BCUT2D eigenvalue weighted by Gasteiger charge is -2.22. The molecule has 0 aliphatic rings. The fourth-order valence-electron chi connectivity index (χ4n) is 2.22. The molecule has 2 nitrogen and oxygen atoms in total. The van der Waals surface area contributed by atoms with E-state index in [2.05, 4.69) is 63.7 Å². The minimum absolute atomic E-state index is 0.791. The fraction of sp³-hybridized carbons (Fsp3) is 0.375. The molecule has 0 atom stereocenters. The zero-order valence-electron chi connectivity index (χ0n) is 12.3. The van der Waals surface area contributed by atoms with Crippen molar-refractivity contribution in [2.24, 2.45) is 0 Å². The lowest BCUT2D eigenvalue weighted by molar-refractivity contribution is 0.674. The average Bonchev–Trinajstić information content (AvgIpc) is 2.84. The number of nitrogens with one attached hydrogen (secondary N) is 1. The molecule has 0 saturated heterocycles. The van der Waals surface area contributed by atoms with Crippen LogP contribution in [0.15, 0.2) is 34.1 Å². The van der Waals surface area contributed by atoms with E-state index in [4.69, 9.17) is 11.6 Å². The van der Waals surface area contributed by atoms with Crippen molar-refractivity contribution in [1.82, 2.24) is 5.32 Å². The molecule has 1 aromatic carbocycles. The van der Waals surface area contributed by atoms with Gasteiger partial charge in [0.1, 0.15) is 0 Å². The van der Waals surface area contributed by atoms with Crippen molar-refractivity contribution in [2.75, 3.05) is 18.5 Å². The number of nitrogens with zero attached hydrogens (tertiary/aromatic N) is 1. The fourth-order valence-corrected chi connectivity index (χ4v) is 3.92. The first kappa shape index (κ1) is 16.8. The van der Waals surface area contributed by atoms with Crippen LogP contribution in [-0.2, 0) is 13.1 Å². The van der Waals surface area contributed by atoms with Crippen molar-refractivity contribution < 1.29 is 0 Å². The Morgan fingerprint density at radius 3 is 2.81 bits per heavy atom. The Morgan fingerprint density at radius 2 is 2.14 bits per heavy atom. The van der Waals surface area contributed by atoms with Gasteiger partial charge in [-0.1, -0.05) is 18.5 Å². The summed E-state index contributed by atoms with van der Waals surface area (Å²) in [5, 5.41) is 6.36. The Kier molecular flexibility index (Phi) is 6.55. The van der Waals surface area contributed by atoms with Gasteiger partial charge < -0.3 is 10.2 Å². The van der Waals surface area contributed by atoms with Crippen LogP contribution >= 0.6 is 38.9 Å². The highest BCUT2D eigenvalue weighted by molar-refractivity contribution is 9.10. The number of benzene rings is 1. The molecule has 0 amide bonds. The van der Waals surface area contributed by atoms with Crippen molar-refractivity contribution in [3.8, 4) is 0 Å². The van der Waals surface area contributed by atoms with Gasteiger partial charge in [-0.2, -0.15) is 0 Å². The summed E-state index contributed by atoms with van der Waals surface area (Å²) in [6, 6.07) is 8.29. The Hall–Kier alpha value is -0.550. The summed E-state index contributed by atoms with van der Waals surface area (Å²) in [5.41, 5.74) is 2.47. The zero-order chi connectivity index (χ0) is 15.2. The summed E-state index contributed by atoms with van der Waals surface area (Å²) in [6.45, 7) is 4.95. The molecular weight excluding hydrogens is 368 g/mol. The smallest absolute Gasteiger partial charge is 0.0520 e. The molecule has 21 heavy (non-hydrogen) atoms. The summed E-state index contributed by atoms with van der Waals surface area (Å²) in [5.74, 6) is 0. The van der Waals surface area contributed by atoms with Crippen LogP contribution in [0.2, 0.25) is 5.02 Å². The summed E-state index contributed by atoms with van der Waals surface area (Å²) in [4.78, 5) is 3.61. The maximum Gasteiger partial charge on any atom is 0.0520 e. The van der Waals surface area contributed by atoms with E-state index in [1.807, 2.05) is 6.07 Å². The van der Waals surface area contributed by atoms with Gasteiger partial charge in [0.25, 0.3) is 0 Å². The predicted octanol–water partition coefficient (Wildman–Crippen LogP) is 5.30. The third-order valence-electron chi connectivity index (χ3n) is 3.21. The van der Waals surface area contributed by atoms with Gasteiger partial charge in [-0.3, -0.25) is 0 Å². The minimum Gasteiger partial charge on any atom is -0.369 e. The van der Waals surface area contributed by atoms with Crippen LogP contribution in [0.4, 0.5) is 5.69 Å². The van der Waals surface area contributed by atoms with Gasteiger partial charge in [-0.05, 0) is 58.7 Å². The van der Waals surface area contributed by atoms with Crippen molar-refractivity contribution in [1.29, 1.82) is 0 Å². The largest absolute Gasteiger partial charge is 0.369 e. The summed E-state index contributed by atoms with van der Waals surface area (Å²) < 4.78 is 1.15. The molecule has 2 aromatic rings. The lowest BCUT2D eigenvalue weighted by Crippen LogP contribution is -2.20. The van der Waals surface area contributed by atoms with Crippen LogP contribution < -0.4 is 10.2 Å². The Morgan fingerprint density at radius 1 is 1.33 bits per heavy atom. The zero-order valence-corrected chi connectivity index (χ0v) is 15.5. The average molecular weight is 388 g/mol. The molecule has 1 heterocycles. The van der Waals surface area contributed by atoms with Gasteiger partial charge >= 0.3 is 0 Å². The molecular formula is C16H20BrClN2S. The third kappa shape index (κ3) is 4.99. The summed E-state index contributed by atoms with van der Waals surface area (Å²) in [7, 11) is 2.13. The number of anilines is 1. The highest BCUT2D eigenvalue weighted by atomic mass is 79.9. The maximum absolute atomic E-state index is 6.15. The monoisotopic (exact) mass is 386 g/mol. The summed E-state index contributed by atoms with van der Waals surface area (Å²) in [6.07, 6.45) is 1.13. The van der Waals surface area contributed by atoms with Crippen molar-refractivity contribution >= 4 is 44.6 Å². The molecule has 0 unspecified atom stereocenters. The maximum atomic E-state index is 6.15. The SMILES string of the molecule is CCCNCc1cc(Cl)ccc1N(C)Cc1cc(Br)cs1. The molecule has 1 N–H and O–H groups in total. The van der Waals surface area contributed by atoms with Gasteiger partial charge in [-0.25, -0.2) is 0 Å². The number of rotatable bonds is 7. The van der Waals surface area contributed by atoms with Crippen molar-refractivity contribution in [3.63, 3.8) is 0 Å². The standard InChI is InChI=1S/C16H20BrClN2S/c1-3-6-19-9-12-7-14(18)4-5-16(12)20(2)10-15-8-13(17)11-21-15/h4-5,7-8,11,19H,3,6,9-10H2,1-2H3. The first-order valence-corrected chi connectivity index (χ1v) is 9.08. The first-order chi connectivity index (χ1) is 10.1. The third-order valence-corrected chi connectivity index (χ3v) is 5.13. The van der Waals surface area contributed by atoms with Gasteiger partial charge in [0.05, 0.1) is 6.54 Å². The lowest BCUT2D eigenvalue weighted by atomic mass is 10.1. The Labute approximate surface area is 144 Å². The predicted molar refractivity (Wildman–Crippen MR) is 97.6 cm³/mol.